The second-order valence-electron chi connectivity index (χ2n) is 12.4. The Kier molecular flexibility index (Phi) is 22.8. The first-order chi connectivity index (χ1) is 26.5. The van der Waals surface area contributed by atoms with Crippen molar-refractivity contribution >= 4 is 70.9 Å². The molecule has 57 heavy (non-hydrogen) atoms. The minimum Gasteiger partial charge on any atom is -0.456 e. The van der Waals surface area contributed by atoms with Crippen molar-refractivity contribution in [1.82, 2.24) is 0 Å². The summed E-state index contributed by atoms with van der Waals surface area (Å²) in [7, 11) is 0. The van der Waals surface area contributed by atoms with Crippen LogP contribution in [0.2, 0.25) is 0 Å². The van der Waals surface area contributed by atoms with E-state index in [1.807, 2.05) is 0 Å². The third-order valence-corrected chi connectivity index (χ3v) is 10.1. The van der Waals surface area contributed by atoms with Crippen molar-refractivity contribution in [3.63, 3.8) is 0 Å². The summed E-state index contributed by atoms with van der Waals surface area (Å²) in [5, 5.41) is 0. The van der Waals surface area contributed by atoms with Crippen LogP contribution in [0.15, 0.2) is 0 Å². The average molecular weight is 879 g/mol. The zero-order valence-electron chi connectivity index (χ0n) is 32.2. The van der Waals surface area contributed by atoms with Crippen molar-refractivity contribution in [2.75, 3.05) is 24.7 Å². The van der Waals surface area contributed by atoms with Gasteiger partial charge in [0.15, 0.2) is 36.6 Å². The van der Waals surface area contributed by atoms with Crippen LogP contribution in [-0.4, -0.2) is 120 Å². The summed E-state index contributed by atoms with van der Waals surface area (Å²) in [5.74, 6) is -1.44. The molecule has 0 spiro atoms. The second kappa shape index (κ2) is 25.7. The molecule has 8 atom stereocenters. The van der Waals surface area contributed by atoms with Crippen molar-refractivity contribution in [2.24, 2.45) is 0 Å². The molecule has 19 heteroatoms. The van der Waals surface area contributed by atoms with Gasteiger partial charge in [-0.3, -0.25) is 38.4 Å². The largest absolute Gasteiger partial charge is 2.00 e. The molecular formula is C38H46FeO16S2+2. The van der Waals surface area contributed by atoms with E-state index >= 15 is 0 Å². The Balaban J connectivity index is 0.000000387. The summed E-state index contributed by atoms with van der Waals surface area (Å²) in [6, 6.07) is 0. The van der Waals surface area contributed by atoms with Crippen LogP contribution in [0.5, 0.6) is 0 Å². The molecule has 0 aromatic heterocycles. The fourth-order valence-electron chi connectivity index (χ4n) is 5.65. The van der Waals surface area contributed by atoms with Gasteiger partial charge in [0.2, 0.25) is 0 Å². The first-order valence-electron chi connectivity index (χ1n) is 17.5. The maximum atomic E-state index is 12.1. The van der Waals surface area contributed by atoms with Crippen LogP contribution >= 0.6 is 23.5 Å². The molecule has 10 radical (unpaired) electrons. The van der Waals surface area contributed by atoms with Gasteiger partial charge in [-0.2, -0.15) is 0 Å². The Morgan fingerprint density at radius 1 is 0.491 bits per heavy atom. The van der Waals surface area contributed by atoms with Gasteiger partial charge in [-0.15, -0.1) is 23.5 Å². The zero-order valence-corrected chi connectivity index (χ0v) is 34.9. The molecule has 4 rings (SSSR count). The van der Waals surface area contributed by atoms with E-state index < -0.39 is 83.3 Å². The standard InChI is InChI=1S/2C19H23O8S.Fe/c2*1-11(20)25-16-10-24-19(18(27-13(3)22)17(16)26-12(2)21)28-9-8-15(23)14-6-4-5-7-14;/h2*4-7,16-19H,8-10H2,1-3H3;/q;;+2/t2*16-,17+,18-,19+;/m11./s1. The summed E-state index contributed by atoms with van der Waals surface area (Å²) in [6.45, 7) is 7.27. The van der Waals surface area contributed by atoms with Crippen molar-refractivity contribution < 1.29 is 93.3 Å². The van der Waals surface area contributed by atoms with Crippen LogP contribution in [0.1, 0.15) is 54.4 Å². The molecule has 0 aromatic carbocycles. The second-order valence-corrected chi connectivity index (χ2v) is 14.8. The molecular weight excluding hydrogens is 832 g/mol. The Hall–Kier alpha value is -2.70. The van der Waals surface area contributed by atoms with Gasteiger partial charge in [-0.25, -0.2) is 0 Å². The van der Waals surface area contributed by atoms with Crippen LogP contribution in [0.3, 0.4) is 0 Å². The van der Waals surface area contributed by atoms with E-state index in [4.69, 9.17) is 37.9 Å². The summed E-state index contributed by atoms with van der Waals surface area (Å²) in [5.41, 5.74) is -1.35. The van der Waals surface area contributed by atoms with Crippen molar-refractivity contribution in [1.29, 1.82) is 0 Å². The zero-order chi connectivity index (χ0) is 41.4. The van der Waals surface area contributed by atoms with Crippen LogP contribution < -0.4 is 0 Å². The van der Waals surface area contributed by atoms with E-state index in [0.29, 0.717) is 23.3 Å². The fraction of sp³-hybridized carbons (Fsp3) is 0.526. The third kappa shape index (κ3) is 17.6. The third-order valence-electron chi connectivity index (χ3n) is 7.80. The van der Waals surface area contributed by atoms with E-state index in [-0.39, 0.29) is 54.7 Å². The molecule has 312 valence electrons. The van der Waals surface area contributed by atoms with Gasteiger partial charge in [-0.05, 0) is 51.4 Å². The SMILES string of the molecule is CC(=O)O[C@@H]1[C@@H](OC(C)=O)[C@H](SCCC(=O)[C]2[CH][CH][CH][CH]2)OC[C@H]1OC(C)=O.CC(=O)O[C@@H]1[C@@H](OC(C)=O)[C@H](SCCC(=O)[C]2[CH][CH][CH][CH]2)OC[C@H]1OC(C)=O.[Fe+2]. The number of hydrogen-bond acceptors (Lipinski definition) is 18. The number of carbonyl (C=O) groups excluding carboxylic acids is 8. The number of Topliss-reactive ketones (excluding diaryl/α,β-unsaturated/α-hetero) is 2. The van der Waals surface area contributed by atoms with Gasteiger partial charge in [0.1, 0.15) is 22.4 Å². The van der Waals surface area contributed by atoms with E-state index in [9.17, 15) is 38.4 Å². The van der Waals surface area contributed by atoms with Gasteiger partial charge in [0, 0.05) is 77.7 Å². The van der Waals surface area contributed by atoms with Gasteiger partial charge < -0.3 is 37.9 Å². The normalized spacial score (nSPS) is 27.3. The van der Waals surface area contributed by atoms with Gasteiger partial charge in [0.05, 0.1) is 13.2 Å². The molecule has 2 heterocycles. The fourth-order valence-corrected chi connectivity index (χ4v) is 7.87. The van der Waals surface area contributed by atoms with Gasteiger partial charge in [-0.1, -0.05) is 0 Å². The Morgan fingerprint density at radius 2 is 0.772 bits per heavy atom. The van der Waals surface area contributed by atoms with Crippen molar-refractivity contribution in [3.05, 3.63) is 63.2 Å². The molecule has 0 amide bonds. The first kappa shape index (κ1) is 50.4. The molecule has 0 bridgehead atoms. The van der Waals surface area contributed by atoms with Crippen LogP contribution in [-0.2, 0) is 93.3 Å². The monoisotopic (exact) mass is 878 g/mol. The first-order valence-corrected chi connectivity index (χ1v) is 19.6. The Morgan fingerprint density at radius 3 is 1.05 bits per heavy atom. The maximum Gasteiger partial charge on any atom is 2.00 e. The van der Waals surface area contributed by atoms with Crippen molar-refractivity contribution in [2.45, 2.75) is 102 Å². The molecule has 16 nitrogen and oxygen atoms in total. The number of thioether (sulfide) groups is 2. The molecule has 4 aliphatic rings. The number of ketones is 2. The number of hydrogen-bond donors (Lipinski definition) is 0. The van der Waals surface area contributed by atoms with E-state index in [1.165, 1.54) is 65.1 Å². The van der Waals surface area contributed by atoms with Crippen LogP contribution in [0.25, 0.3) is 0 Å². The predicted molar refractivity (Wildman–Crippen MR) is 198 cm³/mol. The van der Waals surface area contributed by atoms with E-state index in [1.54, 1.807) is 51.4 Å². The topological polar surface area (TPSA) is 210 Å². The van der Waals surface area contributed by atoms with Gasteiger partial charge in [0.25, 0.3) is 0 Å². The Bertz CT molecular complexity index is 1280. The Labute approximate surface area is 352 Å². The minimum absolute atomic E-state index is 0. The molecule has 2 saturated heterocycles. The smallest absolute Gasteiger partial charge is 0.456 e. The number of ether oxygens (including phenoxy) is 8. The van der Waals surface area contributed by atoms with Gasteiger partial charge >= 0.3 is 52.9 Å². The van der Waals surface area contributed by atoms with Crippen LogP contribution in [0, 0.1) is 63.2 Å². The maximum absolute atomic E-state index is 12.1. The quantitative estimate of drug-likeness (QED) is 0.124. The molecule has 0 aromatic rings. The summed E-state index contributed by atoms with van der Waals surface area (Å²) in [4.78, 5) is 93.1. The number of esters is 6. The van der Waals surface area contributed by atoms with E-state index in [2.05, 4.69) is 0 Å². The molecule has 2 aliphatic heterocycles. The summed E-state index contributed by atoms with van der Waals surface area (Å²) in [6.07, 6.45) is 8.95. The molecule has 2 aliphatic carbocycles. The summed E-state index contributed by atoms with van der Waals surface area (Å²) >= 11 is 2.55. The number of carbonyl (C=O) groups is 8. The number of rotatable bonds is 16. The predicted octanol–water partition coefficient (Wildman–Crippen LogP) is 2.47. The minimum atomic E-state index is -0.998. The molecule has 0 N–H and O–H groups in total. The van der Waals surface area contributed by atoms with Crippen LogP contribution in [0.4, 0.5) is 0 Å². The molecule has 0 unspecified atom stereocenters. The molecule has 4 fully saturated rings. The van der Waals surface area contributed by atoms with E-state index in [0.717, 1.165) is 0 Å². The van der Waals surface area contributed by atoms with Crippen molar-refractivity contribution in [3.8, 4) is 0 Å². The summed E-state index contributed by atoms with van der Waals surface area (Å²) < 4.78 is 42.9. The molecule has 2 saturated carbocycles. The average Bonchev–Trinajstić information content (AvgIpc) is 3.84.